The van der Waals surface area contributed by atoms with Gasteiger partial charge in [0.25, 0.3) is 0 Å². The Morgan fingerprint density at radius 1 is 0.975 bits per heavy atom. The average molecular weight is 644 g/mol. The van der Waals surface area contributed by atoms with E-state index in [1.54, 1.807) is 0 Å². The first-order valence-corrected chi connectivity index (χ1v) is 15.8. The van der Waals surface area contributed by atoms with Crippen LogP contribution in [0.25, 0.3) is 0 Å². The van der Waals surface area contributed by atoms with Gasteiger partial charge in [-0.15, -0.1) is 0 Å². The molecule has 0 spiro atoms. The molecule has 1 aromatic rings. The molecule has 22 nitrogen and oxygen atoms in total. The van der Waals surface area contributed by atoms with Crippen LogP contribution in [-0.4, -0.2) is 112 Å². The number of anilines is 1. The van der Waals surface area contributed by atoms with Gasteiger partial charge >= 0.3 is 23.5 Å². The minimum absolute atomic E-state index is 0.236. The first-order chi connectivity index (χ1) is 18.5. The molecular formula is C15H29N5O17P3+. The molecule has 11 atom stereocenters. The van der Waals surface area contributed by atoms with Crippen LogP contribution in [0.5, 0.6) is 0 Å². The summed E-state index contributed by atoms with van der Waals surface area (Å²) in [6.07, 6.45) is -12.6. The number of phosphoric ester groups is 3. The molecule has 2 unspecified atom stereocenters. The van der Waals surface area contributed by atoms with E-state index in [-0.39, 0.29) is 6.67 Å². The average Bonchev–Trinajstić information content (AvgIpc) is 3.47. The summed E-state index contributed by atoms with van der Waals surface area (Å²) in [4.78, 5) is 42.5. The predicted octanol–water partition coefficient (Wildman–Crippen LogP) is -4.48. The number of aliphatic hydroxyl groups excluding tert-OH is 4. The van der Waals surface area contributed by atoms with Crippen LogP contribution in [0.4, 0.5) is 5.82 Å². The molecule has 0 bridgehead atoms. The van der Waals surface area contributed by atoms with Crippen LogP contribution in [0.15, 0.2) is 6.33 Å². The minimum atomic E-state index is -5.44. The highest BCUT2D eigenvalue weighted by Gasteiger charge is 2.51. The van der Waals surface area contributed by atoms with Crippen molar-refractivity contribution in [2.75, 3.05) is 25.2 Å². The summed E-state index contributed by atoms with van der Waals surface area (Å²) in [6, 6.07) is 0. The first-order valence-electron chi connectivity index (χ1n) is 11.3. The normalized spacial score (nSPS) is 37.5. The number of aromatic nitrogens is 2. The summed E-state index contributed by atoms with van der Waals surface area (Å²) in [5.74, 6) is 0.322. The SMILES string of the molecule is [NH3+][C@@H]1NCNc2c1ncn2[C@@H]1O[C@H](COP(=O)(O)OP(=O)(O)OC[C@H]2O[C@@H](O)[C@H](O)[C@@H]2O)[C@@H](O)[C@H]1OP(=O)(O)O. The Bertz CT molecular complexity index is 1200. The maximum absolute atomic E-state index is 12.3. The van der Waals surface area contributed by atoms with Crippen LogP contribution in [0.3, 0.4) is 0 Å². The van der Waals surface area contributed by atoms with Crippen molar-refractivity contribution in [3.05, 3.63) is 12.0 Å². The zero-order valence-electron chi connectivity index (χ0n) is 20.1. The van der Waals surface area contributed by atoms with Gasteiger partial charge < -0.3 is 60.5 Å². The molecule has 0 saturated carbocycles. The molecule has 0 aliphatic carbocycles. The number of aliphatic hydroxyl groups is 4. The van der Waals surface area contributed by atoms with E-state index in [0.29, 0.717) is 11.5 Å². The molecule has 3 aliphatic heterocycles. The molecule has 230 valence electrons. The number of hydrogen-bond donors (Lipinski definition) is 11. The van der Waals surface area contributed by atoms with Gasteiger partial charge in [-0.2, -0.15) is 4.31 Å². The molecule has 2 saturated heterocycles. The van der Waals surface area contributed by atoms with Crippen LogP contribution in [-0.2, 0) is 41.1 Å². The molecule has 13 N–H and O–H groups in total. The topological polar surface area (TPSA) is 338 Å². The van der Waals surface area contributed by atoms with Crippen LogP contribution in [0, 0.1) is 0 Å². The molecule has 3 aliphatic rings. The first kappa shape index (κ1) is 32.0. The van der Waals surface area contributed by atoms with E-state index in [1.165, 1.54) is 10.9 Å². The predicted molar refractivity (Wildman–Crippen MR) is 122 cm³/mol. The molecule has 0 radical (unpaired) electrons. The lowest BCUT2D eigenvalue weighted by Crippen LogP contribution is -2.62. The maximum atomic E-state index is 12.3. The van der Waals surface area contributed by atoms with E-state index >= 15 is 0 Å². The van der Waals surface area contributed by atoms with Crippen molar-refractivity contribution in [2.24, 2.45) is 0 Å². The van der Waals surface area contributed by atoms with Crippen LogP contribution < -0.4 is 16.4 Å². The van der Waals surface area contributed by atoms with Crippen LogP contribution in [0.1, 0.15) is 18.1 Å². The Balaban J connectivity index is 1.40. The second-order valence-electron chi connectivity index (χ2n) is 8.77. The standard InChI is InChI=1S/C15H28N5O17P3/c16-12-7-13(18-3-17-12)20(4-19-7)14-11(36-38(25,26)27)9(22)6(34-14)2-33-40(30,31)37-39(28,29)32-1-5-8(21)10(23)15(24)35-5/h4-6,8-12,14-15,17-18,21-24H,1-3,16H2,(H,28,29)(H,30,31)(H2,25,26,27)/p+1/t5-,6-,8-,9-,10-,11-,12-,14-,15-/m1/s1. The van der Waals surface area contributed by atoms with Crippen molar-refractivity contribution in [2.45, 2.75) is 55.3 Å². The Labute approximate surface area is 224 Å². The fourth-order valence-electron chi connectivity index (χ4n) is 4.09. The van der Waals surface area contributed by atoms with Gasteiger partial charge in [0.1, 0.15) is 42.4 Å². The molecule has 4 rings (SSSR count). The molecule has 0 amide bonds. The fraction of sp³-hybridized carbons (Fsp3) is 0.800. The van der Waals surface area contributed by atoms with Gasteiger partial charge in [0.15, 0.2) is 24.4 Å². The number of rotatable bonds is 11. The minimum Gasteiger partial charge on any atom is -0.387 e. The Hall–Kier alpha value is -0.940. The van der Waals surface area contributed by atoms with E-state index < -0.39 is 92.0 Å². The number of imidazole rings is 1. The quantitative estimate of drug-likeness (QED) is 0.101. The summed E-state index contributed by atoms with van der Waals surface area (Å²) in [6.45, 7) is -1.73. The van der Waals surface area contributed by atoms with Gasteiger partial charge in [0.2, 0.25) is 0 Å². The number of fused-ring (bicyclic) bond motifs is 1. The summed E-state index contributed by atoms with van der Waals surface area (Å²) >= 11 is 0. The summed E-state index contributed by atoms with van der Waals surface area (Å²) < 4.78 is 65.5. The number of nitrogens with zero attached hydrogens (tertiary/aromatic N) is 2. The van der Waals surface area contributed by atoms with Crippen molar-refractivity contribution in [3.8, 4) is 0 Å². The van der Waals surface area contributed by atoms with Crippen molar-refractivity contribution < 1.29 is 86.8 Å². The van der Waals surface area contributed by atoms with E-state index in [1.807, 2.05) is 0 Å². The van der Waals surface area contributed by atoms with Crippen molar-refractivity contribution in [1.29, 1.82) is 0 Å². The van der Waals surface area contributed by atoms with E-state index in [4.69, 9.17) is 14.0 Å². The number of quaternary nitrogens is 1. The lowest BCUT2D eigenvalue weighted by molar-refractivity contribution is -0.437. The third-order valence-electron chi connectivity index (χ3n) is 5.95. The second-order valence-corrected chi connectivity index (χ2v) is 13.0. The van der Waals surface area contributed by atoms with E-state index in [0.717, 1.165) is 0 Å². The smallest absolute Gasteiger partial charge is 0.387 e. The highest BCUT2D eigenvalue weighted by Crippen LogP contribution is 2.61. The third kappa shape index (κ3) is 7.33. The lowest BCUT2D eigenvalue weighted by atomic mass is 10.1. The molecule has 4 heterocycles. The Morgan fingerprint density at radius 2 is 1.57 bits per heavy atom. The molecule has 0 aromatic carbocycles. The third-order valence-corrected chi connectivity index (χ3v) is 9.07. The van der Waals surface area contributed by atoms with E-state index in [9.17, 15) is 53.7 Å². The maximum Gasteiger partial charge on any atom is 0.481 e. The molecule has 25 heteroatoms. The molecule has 40 heavy (non-hydrogen) atoms. The molecule has 1 aromatic heterocycles. The van der Waals surface area contributed by atoms with Gasteiger partial charge in [0, 0.05) is 0 Å². The largest absolute Gasteiger partial charge is 0.481 e. The fourth-order valence-corrected chi connectivity index (χ4v) is 6.73. The zero-order valence-corrected chi connectivity index (χ0v) is 22.8. The molecular weight excluding hydrogens is 615 g/mol. The number of nitrogens with one attached hydrogen (secondary N) is 2. The Kier molecular flexibility index (Phi) is 9.58. The number of ether oxygens (including phenoxy) is 2. The second kappa shape index (κ2) is 12.0. The van der Waals surface area contributed by atoms with Gasteiger partial charge in [-0.25, -0.2) is 24.0 Å². The highest BCUT2D eigenvalue weighted by atomic mass is 31.3. The Morgan fingerprint density at radius 3 is 2.12 bits per heavy atom. The van der Waals surface area contributed by atoms with E-state index in [2.05, 4.69) is 34.7 Å². The van der Waals surface area contributed by atoms with Crippen molar-refractivity contribution >= 4 is 29.3 Å². The summed E-state index contributed by atoms with van der Waals surface area (Å²) in [5, 5.41) is 45.0. The van der Waals surface area contributed by atoms with Gasteiger partial charge in [-0.3, -0.25) is 18.1 Å². The number of hydrogen-bond acceptors (Lipinski definition) is 16. The van der Waals surface area contributed by atoms with Crippen molar-refractivity contribution in [1.82, 2.24) is 14.9 Å². The van der Waals surface area contributed by atoms with Gasteiger partial charge in [-0.1, -0.05) is 0 Å². The summed E-state index contributed by atoms with van der Waals surface area (Å²) in [5.41, 5.74) is 4.27. The van der Waals surface area contributed by atoms with Gasteiger partial charge in [-0.05, 0) is 0 Å². The summed E-state index contributed by atoms with van der Waals surface area (Å²) in [7, 11) is -16.0. The zero-order chi connectivity index (χ0) is 29.6. The van der Waals surface area contributed by atoms with Crippen LogP contribution >= 0.6 is 23.5 Å². The monoisotopic (exact) mass is 644 g/mol. The van der Waals surface area contributed by atoms with Crippen LogP contribution in [0.2, 0.25) is 0 Å². The lowest BCUT2D eigenvalue weighted by Gasteiger charge is -2.26. The number of phosphoric acid groups is 3. The highest BCUT2D eigenvalue weighted by molar-refractivity contribution is 7.61. The van der Waals surface area contributed by atoms with Gasteiger partial charge in [0.05, 0.1) is 26.2 Å². The molecule has 2 fully saturated rings. The van der Waals surface area contributed by atoms with Crippen molar-refractivity contribution in [3.63, 3.8) is 0 Å².